The number of ether oxygens (including phenoxy) is 2. The third-order valence-corrected chi connectivity index (χ3v) is 8.81. The van der Waals surface area contributed by atoms with Crippen molar-refractivity contribution >= 4 is 51.8 Å². The summed E-state index contributed by atoms with van der Waals surface area (Å²) >= 11 is 8.31. The molecule has 0 bridgehead atoms. The van der Waals surface area contributed by atoms with Gasteiger partial charge in [0.1, 0.15) is 6.61 Å². The molecule has 4 aromatic rings. The average Bonchev–Trinajstić information content (AvgIpc) is 3.47. The Kier molecular flexibility index (Phi) is 8.35. The van der Waals surface area contributed by atoms with Crippen molar-refractivity contribution in [3.05, 3.63) is 127 Å². The summed E-state index contributed by atoms with van der Waals surface area (Å²) in [6.45, 7) is 5.13. The van der Waals surface area contributed by atoms with Gasteiger partial charge in [0.15, 0.2) is 11.5 Å². The van der Waals surface area contributed by atoms with Gasteiger partial charge in [0.05, 0.1) is 21.9 Å². The first-order valence-corrected chi connectivity index (χ1v) is 15.5. The number of hydrogen-bond donors (Lipinski definition) is 1. The zero-order valence-electron chi connectivity index (χ0n) is 23.1. The first-order chi connectivity index (χ1) is 20.0. The van der Waals surface area contributed by atoms with E-state index in [0.29, 0.717) is 35.8 Å². The molecule has 6 rings (SSSR count). The van der Waals surface area contributed by atoms with Crippen LogP contribution in [0.3, 0.4) is 0 Å². The van der Waals surface area contributed by atoms with Crippen molar-refractivity contribution < 1.29 is 9.47 Å². The number of halogens is 2. The molecule has 0 fully saturated rings. The molecule has 4 nitrogen and oxygen atoms in total. The van der Waals surface area contributed by atoms with Gasteiger partial charge in [-0.2, -0.15) is 0 Å². The van der Waals surface area contributed by atoms with Gasteiger partial charge in [0.25, 0.3) is 0 Å². The molecule has 3 atom stereocenters. The van der Waals surface area contributed by atoms with Gasteiger partial charge in [-0.1, -0.05) is 65.7 Å². The summed E-state index contributed by atoms with van der Waals surface area (Å²) in [5.74, 6) is 2.44. The van der Waals surface area contributed by atoms with E-state index in [1.165, 1.54) is 22.4 Å². The Morgan fingerprint density at radius 2 is 1.80 bits per heavy atom. The topological polar surface area (TPSA) is 42.8 Å². The normalized spacial score (nSPS) is 19.1. The molecule has 4 aromatic carbocycles. The summed E-state index contributed by atoms with van der Waals surface area (Å²) in [7, 11) is 0. The summed E-state index contributed by atoms with van der Waals surface area (Å²) in [4.78, 5) is 4.78. The number of aliphatic imine (C=N–C) groups is 1. The van der Waals surface area contributed by atoms with E-state index >= 15 is 0 Å². The van der Waals surface area contributed by atoms with Crippen LogP contribution >= 0.6 is 34.2 Å². The van der Waals surface area contributed by atoms with Crippen LogP contribution in [-0.4, -0.2) is 12.8 Å². The lowest BCUT2D eigenvalue weighted by Gasteiger charge is -2.37. The standard InChI is InChI=1S/C35H32ClIN2O2/c1-3-40-33-19-24(18-31(37)35(33)41-21-23-8-12-26(36)13-9-23)20-38-27-14-10-25(11-15-27)34-29-6-4-5-28(29)30-17-22(2)7-16-32(30)39-34/h4-5,7-20,28-29,34,39H,3,6,21H2,1-2H3/t28-,29+,34-/m0/s1. The lowest BCUT2D eigenvalue weighted by atomic mass is 9.76. The molecule has 0 saturated heterocycles. The number of aryl methyl sites for hydroxylation is 1. The van der Waals surface area contributed by atoms with E-state index in [1.54, 1.807) is 0 Å². The Hall–Kier alpha value is -3.29. The Bertz CT molecular complexity index is 1600. The number of nitrogens with one attached hydrogen (secondary N) is 1. The van der Waals surface area contributed by atoms with Crippen molar-refractivity contribution in [3.8, 4) is 11.5 Å². The highest BCUT2D eigenvalue weighted by Gasteiger charge is 2.37. The molecule has 0 unspecified atom stereocenters. The summed E-state index contributed by atoms with van der Waals surface area (Å²) in [5, 5.41) is 4.54. The maximum absolute atomic E-state index is 6.16. The Labute approximate surface area is 260 Å². The molecule has 0 radical (unpaired) electrons. The minimum atomic E-state index is 0.277. The highest BCUT2D eigenvalue weighted by molar-refractivity contribution is 14.1. The van der Waals surface area contributed by atoms with E-state index in [-0.39, 0.29) is 6.04 Å². The zero-order chi connectivity index (χ0) is 28.3. The molecule has 0 spiro atoms. The summed E-state index contributed by atoms with van der Waals surface area (Å²) in [5.41, 5.74) is 8.19. The minimum Gasteiger partial charge on any atom is -0.490 e. The quantitative estimate of drug-likeness (QED) is 0.115. The molecular weight excluding hydrogens is 643 g/mol. The fourth-order valence-corrected chi connectivity index (χ4v) is 6.67. The number of nitrogens with zero attached hydrogens (tertiary/aromatic N) is 1. The van der Waals surface area contributed by atoms with E-state index in [2.05, 4.69) is 95.5 Å². The molecule has 1 N–H and O–H groups in total. The van der Waals surface area contributed by atoms with Crippen molar-refractivity contribution in [2.75, 3.05) is 11.9 Å². The van der Waals surface area contributed by atoms with E-state index in [9.17, 15) is 0 Å². The van der Waals surface area contributed by atoms with Crippen LogP contribution in [0, 0.1) is 16.4 Å². The molecule has 1 aliphatic carbocycles. The summed E-state index contributed by atoms with van der Waals surface area (Å²) < 4.78 is 13.1. The lowest BCUT2D eigenvalue weighted by molar-refractivity contribution is 0.267. The summed E-state index contributed by atoms with van der Waals surface area (Å²) in [6.07, 6.45) is 7.71. The monoisotopic (exact) mass is 674 g/mol. The van der Waals surface area contributed by atoms with Crippen molar-refractivity contribution in [1.82, 2.24) is 0 Å². The van der Waals surface area contributed by atoms with Crippen molar-refractivity contribution in [1.29, 1.82) is 0 Å². The van der Waals surface area contributed by atoms with Crippen LogP contribution in [0.25, 0.3) is 0 Å². The van der Waals surface area contributed by atoms with Gasteiger partial charge < -0.3 is 14.8 Å². The van der Waals surface area contributed by atoms with Gasteiger partial charge in [0, 0.05) is 22.8 Å². The fraction of sp³-hybridized carbons (Fsp3) is 0.229. The number of allylic oxidation sites excluding steroid dienone is 2. The number of benzene rings is 4. The Balaban J connectivity index is 1.17. The van der Waals surface area contributed by atoms with Crippen molar-refractivity contribution in [3.63, 3.8) is 0 Å². The predicted molar refractivity (Wildman–Crippen MR) is 177 cm³/mol. The van der Waals surface area contributed by atoms with Crippen LogP contribution in [0.4, 0.5) is 11.4 Å². The zero-order valence-corrected chi connectivity index (χ0v) is 26.0. The smallest absolute Gasteiger partial charge is 0.175 e. The van der Waals surface area contributed by atoms with E-state index in [1.807, 2.05) is 43.5 Å². The number of fused-ring (bicyclic) bond motifs is 3. The SMILES string of the molecule is CCOc1cc(C=Nc2ccc([C@@H]3Nc4ccc(C)cc4[C@H]4C=CC[C@H]43)cc2)cc(I)c1OCc1ccc(Cl)cc1. The minimum absolute atomic E-state index is 0.277. The predicted octanol–water partition coefficient (Wildman–Crippen LogP) is 9.81. The molecular formula is C35H32ClIN2O2. The van der Waals surface area contributed by atoms with Gasteiger partial charge in [0.2, 0.25) is 0 Å². The largest absolute Gasteiger partial charge is 0.490 e. The average molecular weight is 675 g/mol. The highest BCUT2D eigenvalue weighted by atomic mass is 127. The number of anilines is 1. The third kappa shape index (κ3) is 6.16. The third-order valence-electron chi connectivity index (χ3n) is 7.76. The first kappa shape index (κ1) is 27.9. The lowest BCUT2D eigenvalue weighted by Crippen LogP contribution is -2.29. The van der Waals surface area contributed by atoms with Crippen LogP contribution in [0.1, 0.15) is 53.1 Å². The molecule has 0 saturated carbocycles. The highest BCUT2D eigenvalue weighted by Crippen LogP contribution is 2.50. The first-order valence-electron chi connectivity index (χ1n) is 14.0. The molecule has 1 heterocycles. The van der Waals surface area contributed by atoms with Gasteiger partial charge in [-0.25, -0.2) is 0 Å². The maximum Gasteiger partial charge on any atom is 0.175 e. The second-order valence-electron chi connectivity index (χ2n) is 10.6. The van der Waals surface area contributed by atoms with E-state index in [4.69, 9.17) is 26.1 Å². The molecule has 6 heteroatoms. The fourth-order valence-electron chi connectivity index (χ4n) is 5.76. The van der Waals surface area contributed by atoms with E-state index < -0.39 is 0 Å². The van der Waals surface area contributed by atoms with Crippen LogP contribution in [0.5, 0.6) is 11.5 Å². The second kappa shape index (κ2) is 12.3. The van der Waals surface area contributed by atoms with Gasteiger partial charge in [-0.15, -0.1) is 0 Å². The maximum atomic E-state index is 6.16. The van der Waals surface area contributed by atoms with Gasteiger partial charge in [-0.3, -0.25) is 4.99 Å². The molecule has 41 heavy (non-hydrogen) atoms. The van der Waals surface area contributed by atoms with Gasteiger partial charge >= 0.3 is 0 Å². The molecule has 2 aliphatic rings. The molecule has 1 aliphatic heterocycles. The number of rotatable bonds is 8. The molecule has 208 valence electrons. The number of hydrogen-bond acceptors (Lipinski definition) is 4. The summed E-state index contributed by atoms with van der Waals surface area (Å²) in [6, 6.07) is 27.4. The Morgan fingerprint density at radius 1 is 1.00 bits per heavy atom. The second-order valence-corrected chi connectivity index (χ2v) is 12.2. The van der Waals surface area contributed by atoms with Crippen LogP contribution in [0.2, 0.25) is 5.02 Å². The molecule has 0 aromatic heterocycles. The van der Waals surface area contributed by atoms with E-state index in [0.717, 1.165) is 32.6 Å². The van der Waals surface area contributed by atoms with Crippen molar-refractivity contribution in [2.24, 2.45) is 10.9 Å². The van der Waals surface area contributed by atoms with Gasteiger partial charge in [-0.05, 0) is 113 Å². The van der Waals surface area contributed by atoms with Crippen LogP contribution in [-0.2, 0) is 6.61 Å². The van der Waals surface area contributed by atoms with Crippen LogP contribution < -0.4 is 14.8 Å². The van der Waals surface area contributed by atoms with Crippen LogP contribution in [0.15, 0.2) is 96.0 Å². The molecule has 0 amide bonds. The Morgan fingerprint density at radius 3 is 2.59 bits per heavy atom. The van der Waals surface area contributed by atoms with Crippen molar-refractivity contribution in [2.45, 2.75) is 38.8 Å².